The fraction of sp³-hybridized carbons (Fsp3) is 0.769. The first kappa shape index (κ1) is 14.7. The number of nitrogens with zero attached hydrogens (tertiary/aromatic N) is 3. The summed E-state index contributed by atoms with van der Waals surface area (Å²) in [5.74, 6) is -0.0539. The third-order valence-electron chi connectivity index (χ3n) is 2.96. The molecule has 0 bridgehead atoms. The van der Waals surface area contributed by atoms with Crippen LogP contribution in [0.2, 0.25) is 0 Å². The number of hydrogen-bond donors (Lipinski definition) is 0. The van der Waals surface area contributed by atoms with E-state index in [-0.39, 0.29) is 5.97 Å². The van der Waals surface area contributed by atoms with E-state index in [2.05, 4.69) is 24.2 Å². The molecular formula is C13H23N3O2. The lowest BCUT2D eigenvalue weighted by Gasteiger charge is -2.13. The van der Waals surface area contributed by atoms with Gasteiger partial charge in [-0.15, -0.1) is 5.10 Å². The van der Waals surface area contributed by atoms with E-state index in [1.807, 2.05) is 25.5 Å². The second-order valence-corrected chi connectivity index (χ2v) is 4.93. The van der Waals surface area contributed by atoms with E-state index in [0.717, 1.165) is 18.5 Å². The lowest BCUT2D eigenvalue weighted by atomic mass is 10.1. The number of ether oxygens (including phenoxy) is 1. The van der Waals surface area contributed by atoms with Crippen LogP contribution in [0.3, 0.4) is 0 Å². The summed E-state index contributed by atoms with van der Waals surface area (Å²) in [5.41, 5.74) is 1.13. The minimum absolute atomic E-state index is 0.296. The van der Waals surface area contributed by atoms with Crippen LogP contribution in [0.15, 0.2) is 0 Å². The maximum atomic E-state index is 11.8. The van der Waals surface area contributed by atoms with Crippen LogP contribution in [0, 0.1) is 12.8 Å². The Balaban J connectivity index is 2.82. The van der Waals surface area contributed by atoms with Gasteiger partial charge in [-0.2, -0.15) is 0 Å². The molecule has 0 spiro atoms. The van der Waals surface area contributed by atoms with E-state index in [0.29, 0.717) is 24.3 Å². The third-order valence-corrected chi connectivity index (χ3v) is 2.96. The molecule has 0 aliphatic heterocycles. The zero-order valence-corrected chi connectivity index (χ0v) is 11.9. The molecule has 0 unspecified atom stereocenters. The number of carbonyl (C=O) groups is 1. The van der Waals surface area contributed by atoms with Gasteiger partial charge in [0.1, 0.15) is 0 Å². The first-order chi connectivity index (χ1) is 8.51. The van der Waals surface area contributed by atoms with Crippen LogP contribution < -0.4 is 0 Å². The minimum Gasteiger partial charge on any atom is -0.461 e. The minimum atomic E-state index is -0.376. The van der Waals surface area contributed by atoms with Crippen LogP contribution in [-0.4, -0.2) is 27.6 Å². The Bertz CT molecular complexity index is 395. The molecule has 0 N–H and O–H groups in total. The molecule has 5 heteroatoms. The zero-order valence-electron chi connectivity index (χ0n) is 11.9. The van der Waals surface area contributed by atoms with E-state index in [4.69, 9.17) is 4.74 Å². The Morgan fingerprint density at radius 2 is 1.94 bits per heavy atom. The van der Waals surface area contributed by atoms with Crippen LogP contribution in [-0.2, 0) is 4.74 Å². The molecule has 5 nitrogen and oxygen atoms in total. The van der Waals surface area contributed by atoms with Crippen LogP contribution in [0.4, 0.5) is 0 Å². The number of hydrogen-bond acceptors (Lipinski definition) is 4. The van der Waals surface area contributed by atoms with Crippen LogP contribution >= 0.6 is 0 Å². The highest BCUT2D eigenvalue weighted by Crippen LogP contribution is 2.18. The van der Waals surface area contributed by atoms with Gasteiger partial charge in [0.05, 0.1) is 18.3 Å². The van der Waals surface area contributed by atoms with Crippen molar-refractivity contribution in [3.8, 4) is 0 Å². The van der Waals surface area contributed by atoms with Crippen molar-refractivity contribution in [1.82, 2.24) is 15.0 Å². The molecule has 1 aromatic heterocycles. The molecule has 1 aromatic rings. The van der Waals surface area contributed by atoms with Gasteiger partial charge in [-0.1, -0.05) is 32.9 Å². The monoisotopic (exact) mass is 253 g/mol. The van der Waals surface area contributed by atoms with Crippen molar-refractivity contribution in [3.05, 3.63) is 11.4 Å². The summed E-state index contributed by atoms with van der Waals surface area (Å²) < 4.78 is 7.00. The molecule has 0 fully saturated rings. The molecule has 0 radical (unpaired) electrons. The van der Waals surface area contributed by atoms with Crippen molar-refractivity contribution in [2.75, 3.05) is 6.61 Å². The van der Waals surface area contributed by atoms with E-state index >= 15 is 0 Å². The summed E-state index contributed by atoms with van der Waals surface area (Å²) in [6.07, 6.45) is 1.95. The van der Waals surface area contributed by atoms with Gasteiger partial charge < -0.3 is 4.74 Å². The normalized spacial score (nSPS) is 11.3. The van der Waals surface area contributed by atoms with Gasteiger partial charge in [-0.25, -0.2) is 9.48 Å². The number of esters is 1. The molecule has 1 heterocycles. The average molecular weight is 253 g/mol. The SMILES string of the molecule is CCC(CC)n1nnc(C(=O)OCC(C)C)c1C. The number of aromatic nitrogens is 3. The Morgan fingerprint density at radius 3 is 2.44 bits per heavy atom. The summed E-state index contributed by atoms with van der Waals surface area (Å²) in [6, 6.07) is 0.296. The molecule has 0 aromatic carbocycles. The first-order valence-electron chi connectivity index (χ1n) is 6.60. The molecule has 0 aliphatic carbocycles. The van der Waals surface area contributed by atoms with Gasteiger partial charge in [-0.3, -0.25) is 0 Å². The smallest absolute Gasteiger partial charge is 0.360 e. The molecule has 0 aliphatic rings. The van der Waals surface area contributed by atoms with E-state index in [1.54, 1.807) is 0 Å². The van der Waals surface area contributed by atoms with Crippen LogP contribution in [0.5, 0.6) is 0 Å². The van der Waals surface area contributed by atoms with Crippen LogP contribution in [0.1, 0.15) is 62.8 Å². The third kappa shape index (κ3) is 3.31. The van der Waals surface area contributed by atoms with E-state index in [1.165, 1.54) is 0 Å². The van der Waals surface area contributed by atoms with Crippen molar-refractivity contribution in [2.45, 2.75) is 53.5 Å². The Labute approximate surface area is 109 Å². The van der Waals surface area contributed by atoms with Gasteiger partial charge >= 0.3 is 5.97 Å². The second kappa shape index (κ2) is 6.52. The first-order valence-corrected chi connectivity index (χ1v) is 6.60. The quantitative estimate of drug-likeness (QED) is 0.731. The molecule has 0 atom stereocenters. The molecule has 1 rings (SSSR count). The Kier molecular flexibility index (Phi) is 5.31. The standard InChI is InChI=1S/C13H23N3O2/c1-6-11(7-2)16-10(5)12(14-15-16)13(17)18-8-9(3)4/h9,11H,6-8H2,1-5H3. The van der Waals surface area contributed by atoms with Crippen molar-refractivity contribution in [1.29, 1.82) is 0 Å². The molecule has 0 saturated carbocycles. The highest BCUT2D eigenvalue weighted by molar-refractivity contribution is 5.88. The molecular weight excluding hydrogens is 230 g/mol. The molecule has 0 amide bonds. The van der Waals surface area contributed by atoms with Crippen molar-refractivity contribution in [3.63, 3.8) is 0 Å². The summed E-state index contributed by atoms with van der Waals surface area (Å²) >= 11 is 0. The van der Waals surface area contributed by atoms with Crippen molar-refractivity contribution in [2.24, 2.45) is 5.92 Å². The van der Waals surface area contributed by atoms with Gasteiger partial charge in [0.25, 0.3) is 0 Å². The maximum absolute atomic E-state index is 11.8. The fourth-order valence-electron chi connectivity index (χ4n) is 1.82. The van der Waals surface area contributed by atoms with E-state index in [9.17, 15) is 4.79 Å². The van der Waals surface area contributed by atoms with Crippen molar-refractivity contribution < 1.29 is 9.53 Å². The zero-order chi connectivity index (χ0) is 13.7. The maximum Gasteiger partial charge on any atom is 0.360 e. The molecule has 102 valence electrons. The summed E-state index contributed by atoms with van der Waals surface area (Å²) in [4.78, 5) is 11.8. The second-order valence-electron chi connectivity index (χ2n) is 4.93. The van der Waals surface area contributed by atoms with Gasteiger partial charge in [0.15, 0.2) is 5.69 Å². The summed E-state index contributed by atoms with van der Waals surface area (Å²) in [6.45, 7) is 10.5. The summed E-state index contributed by atoms with van der Waals surface area (Å²) in [5, 5.41) is 8.02. The topological polar surface area (TPSA) is 57.0 Å². The molecule has 0 saturated heterocycles. The molecule has 18 heavy (non-hydrogen) atoms. The predicted molar refractivity (Wildman–Crippen MR) is 69.5 cm³/mol. The fourth-order valence-corrected chi connectivity index (χ4v) is 1.82. The lowest BCUT2D eigenvalue weighted by Crippen LogP contribution is -2.14. The largest absolute Gasteiger partial charge is 0.461 e. The number of rotatable bonds is 6. The van der Waals surface area contributed by atoms with Gasteiger partial charge in [0, 0.05) is 0 Å². The number of carbonyl (C=O) groups excluding carboxylic acids is 1. The highest BCUT2D eigenvalue weighted by Gasteiger charge is 2.21. The summed E-state index contributed by atoms with van der Waals surface area (Å²) in [7, 11) is 0. The Morgan fingerprint density at radius 1 is 1.33 bits per heavy atom. The van der Waals surface area contributed by atoms with Gasteiger partial charge in [0.2, 0.25) is 0 Å². The van der Waals surface area contributed by atoms with E-state index < -0.39 is 0 Å². The average Bonchev–Trinajstić information content (AvgIpc) is 2.70. The van der Waals surface area contributed by atoms with Crippen LogP contribution in [0.25, 0.3) is 0 Å². The predicted octanol–water partition coefficient (Wildman–Crippen LogP) is 2.76. The lowest BCUT2D eigenvalue weighted by molar-refractivity contribution is 0.0451. The van der Waals surface area contributed by atoms with Gasteiger partial charge in [-0.05, 0) is 25.7 Å². The van der Waals surface area contributed by atoms with Crippen molar-refractivity contribution >= 4 is 5.97 Å². The Hall–Kier alpha value is -1.39. The highest BCUT2D eigenvalue weighted by atomic mass is 16.5.